The number of rotatable bonds is 1. The Kier molecular flexibility index (Phi) is 2.07. The minimum atomic E-state index is -0.614. The molecular formula is C11H14N2O2. The zero-order chi connectivity index (χ0) is 11.1. The fourth-order valence-corrected chi connectivity index (χ4v) is 1.30. The highest BCUT2D eigenvalue weighted by Crippen LogP contribution is 2.30. The van der Waals surface area contributed by atoms with E-state index >= 15 is 0 Å². The van der Waals surface area contributed by atoms with Crippen molar-refractivity contribution < 1.29 is 9.47 Å². The lowest BCUT2D eigenvalue weighted by Crippen LogP contribution is -2.20. The molecule has 4 heteroatoms. The number of hydrogen-bond acceptors (Lipinski definition) is 4. The summed E-state index contributed by atoms with van der Waals surface area (Å²) in [6.07, 6.45) is 3.29. The lowest BCUT2D eigenvalue weighted by atomic mass is 10.2. The molecule has 0 unspecified atom stereocenters. The second kappa shape index (κ2) is 3.15. The van der Waals surface area contributed by atoms with Gasteiger partial charge in [-0.2, -0.15) is 0 Å². The number of aromatic nitrogens is 1. The third-order valence-corrected chi connectivity index (χ3v) is 2.20. The smallest absolute Gasteiger partial charge is 0.245 e. The second-order valence-electron chi connectivity index (χ2n) is 4.03. The van der Waals surface area contributed by atoms with Gasteiger partial charge in [0, 0.05) is 25.7 Å². The first-order chi connectivity index (χ1) is 6.98. The monoisotopic (exact) mass is 206 g/mol. The fourth-order valence-electron chi connectivity index (χ4n) is 1.30. The molecule has 2 rings (SSSR count). The van der Waals surface area contributed by atoms with E-state index in [9.17, 15) is 0 Å². The summed E-state index contributed by atoms with van der Waals surface area (Å²) < 4.78 is 10.9. The third-order valence-electron chi connectivity index (χ3n) is 2.20. The highest BCUT2D eigenvalue weighted by atomic mass is 16.7. The van der Waals surface area contributed by atoms with E-state index in [1.54, 1.807) is 18.5 Å². The van der Waals surface area contributed by atoms with Gasteiger partial charge >= 0.3 is 0 Å². The summed E-state index contributed by atoms with van der Waals surface area (Å²) >= 11 is 0. The Balaban J connectivity index is 2.29. The number of nitrogens with two attached hydrogens (primary N) is 1. The summed E-state index contributed by atoms with van der Waals surface area (Å²) in [6.45, 7) is 5.60. The molecule has 1 aromatic heterocycles. The molecule has 0 radical (unpaired) electrons. The van der Waals surface area contributed by atoms with E-state index in [0.717, 1.165) is 5.56 Å². The summed E-state index contributed by atoms with van der Waals surface area (Å²) in [7, 11) is 0. The minimum absolute atomic E-state index is 0.614. The fraction of sp³-hybridized carbons (Fsp3) is 0.364. The Morgan fingerprint density at radius 3 is 2.67 bits per heavy atom. The van der Waals surface area contributed by atoms with Crippen molar-refractivity contribution in [3.05, 3.63) is 29.8 Å². The van der Waals surface area contributed by atoms with E-state index < -0.39 is 5.79 Å². The maximum atomic E-state index is 5.79. The van der Waals surface area contributed by atoms with Gasteiger partial charge < -0.3 is 15.2 Å². The van der Waals surface area contributed by atoms with Gasteiger partial charge in [-0.3, -0.25) is 4.98 Å². The van der Waals surface area contributed by atoms with Crippen LogP contribution in [0.5, 0.6) is 0 Å². The zero-order valence-electron chi connectivity index (χ0n) is 9.07. The van der Waals surface area contributed by atoms with Gasteiger partial charge in [-0.05, 0) is 18.6 Å². The Hall–Kier alpha value is -1.71. The number of hydrogen-bond donors (Lipinski definition) is 1. The summed E-state index contributed by atoms with van der Waals surface area (Å²) in [5.41, 5.74) is 8.15. The maximum Gasteiger partial charge on any atom is 0.245 e. The molecule has 80 valence electrons. The Morgan fingerprint density at radius 1 is 1.40 bits per heavy atom. The molecule has 0 saturated heterocycles. The summed E-state index contributed by atoms with van der Waals surface area (Å²) in [6, 6.07) is 1.78. The van der Waals surface area contributed by atoms with E-state index in [1.807, 2.05) is 20.8 Å². The van der Waals surface area contributed by atoms with Crippen LogP contribution in [0.1, 0.15) is 25.1 Å². The first-order valence-electron chi connectivity index (χ1n) is 4.77. The maximum absolute atomic E-state index is 5.79. The molecule has 15 heavy (non-hydrogen) atoms. The van der Waals surface area contributed by atoms with Crippen LogP contribution in [-0.2, 0) is 9.47 Å². The molecular weight excluding hydrogens is 192 g/mol. The van der Waals surface area contributed by atoms with E-state index in [-0.39, 0.29) is 0 Å². The standard InChI is InChI=1S/C11H14N2O2/c1-7-5-13-9(4-8(7)12)10-6-14-11(2,3)15-10/h4-6H,1-3H3,(H2,12,13). The van der Waals surface area contributed by atoms with Gasteiger partial charge in [-0.15, -0.1) is 0 Å². The molecule has 0 aromatic carbocycles. The first-order valence-corrected chi connectivity index (χ1v) is 4.77. The van der Waals surface area contributed by atoms with Gasteiger partial charge in [0.2, 0.25) is 5.79 Å². The van der Waals surface area contributed by atoms with E-state index in [1.165, 1.54) is 0 Å². The molecule has 1 aliphatic rings. The topological polar surface area (TPSA) is 57.4 Å². The minimum Gasteiger partial charge on any atom is -0.457 e. The van der Waals surface area contributed by atoms with Gasteiger partial charge in [0.15, 0.2) is 5.76 Å². The molecule has 4 nitrogen and oxygen atoms in total. The molecule has 0 spiro atoms. The quantitative estimate of drug-likeness (QED) is 0.764. The average Bonchev–Trinajstić information content (AvgIpc) is 2.51. The van der Waals surface area contributed by atoms with Crippen LogP contribution in [-0.4, -0.2) is 10.8 Å². The summed E-state index contributed by atoms with van der Waals surface area (Å²) in [5, 5.41) is 0. The van der Waals surface area contributed by atoms with Crippen molar-refractivity contribution in [3.63, 3.8) is 0 Å². The molecule has 1 aliphatic heterocycles. The molecule has 0 atom stereocenters. The number of nitrogens with zero attached hydrogens (tertiary/aromatic N) is 1. The van der Waals surface area contributed by atoms with Crippen molar-refractivity contribution in [2.75, 3.05) is 5.73 Å². The largest absolute Gasteiger partial charge is 0.457 e. The van der Waals surface area contributed by atoms with Gasteiger partial charge in [0.1, 0.15) is 12.0 Å². The summed E-state index contributed by atoms with van der Waals surface area (Å²) in [4.78, 5) is 4.23. The number of pyridine rings is 1. The Bertz CT molecular complexity index is 425. The van der Waals surface area contributed by atoms with E-state index in [2.05, 4.69) is 4.98 Å². The second-order valence-corrected chi connectivity index (χ2v) is 4.03. The van der Waals surface area contributed by atoms with Crippen molar-refractivity contribution in [3.8, 4) is 0 Å². The van der Waals surface area contributed by atoms with Crippen LogP contribution < -0.4 is 5.73 Å². The molecule has 0 aliphatic carbocycles. The number of ether oxygens (including phenoxy) is 2. The highest BCUT2D eigenvalue weighted by Gasteiger charge is 2.29. The predicted octanol–water partition coefficient (Wildman–Crippen LogP) is 2.05. The molecule has 1 aromatic rings. The summed E-state index contributed by atoms with van der Waals surface area (Å²) in [5.74, 6) is 0.00289. The van der Waals surface area contributed by atoms with Crippen LogP contribution in [0.15, 0.2) is 18.5 Å². The number of nitrogen functional groups attached to an aromatic ring is 1. The van der Waals surface area contributed by atoms with Gasteiger partial charge in [0.25, 0.3) is 0 Å². The van der Waals surface area contributed by atoms with Gasteiger partial charge in [-0.1, -0.05) is 0 Å². The van der Waals surface area contributed by atoms with Crippen LogP contribution in [0.2, 0.25) is 0 Å². The van der Waals surface area contributed by atoms with Crippen molar-refractivity contribution in [1.29, 1.82) is 0 Å². The molecule has 0 saturated carbocycles. The number of anilines is 1. The highest BCUT2D eigenvalue weighted by molar-refractivity contribution is 5.61. The van der Waals surface area contributed by atoms with Gasteiger partial charge in [0.05, 0.1) is 0 Å². The van der Waals surface area contributed by atoms with Crippen molar-refractivity contribution in [2.24, 2.45) is 0 Å². The van der Waals surface area contributed by atoms with Crippen LogP contribution >= 0.6 is 0 Å². The van der Waals surface area contributed by atoms with Gasteiger partial charge in [-0.25, -0.2) is 0 Å². The van der Waals surface area contributed by atoms with Crippen LogP contribution in [0.3, 0.4) is 0 Å². The van der Waals surface area contributed by atoms with Crippen LogP contribution in [0.25, 0.3) is 5.76 Å². The molecule has 0 bridgehead atoms. The lowest BCUT2D eigenvalue weighted by molar-refractivity contribution is -0.102. The lowest BCUT2D eigenvalue weighted by Gasteiger charge is -2.18. The molecule has 0 amide bonds. The predicted molar refractivity (Wildman–Crippen MR) is 57.6 cm³/mol. The normalized spacial score (nSPS) is 17.9. The SMILES string of the molecule is Cc1cnc(C2=COC(C)(C)O2)cc1N. The Labute approximate surface area is 88.7 Å². The average molecular weight is 206 g/mol. The van der Waals surface area contributed by atoms with Crippen molar-refractivity contribution in [2.45, 2.75) is 26.6 Å². The third kappa shape index (κ3) is 1.88. The van der Waals surface area contributed by atoms with E-state index in [0.29, 0.717) is 17.1 Å². The van der Waals surface area contributed by atoms with E-state index in [4.69, 9.17) is 15.2 Å². The van der Waals surface area contributed by atoms with Crippen molar-refractivity contribution >= 4 is 11.4 Å². The van der Waals surface area contributed by atoms with Crippen LogP contribution in [0.4, 0.5) is 5.69 Å². The molecule has 0 fully saturated rings. The number of aryl methyl sites for hydroxylation is 1. The zero-order valence-corrected chi connectivity index (χ0v) is 9.07. The van der Waals surface area contributed by atoms with Crippen molar-refractivity contribution in [1.82, 2.24) is 4.98 Å². The molecule has 2 heterocycles. The first kappa shape index (κ1) is 9.83. The van der Waals surface area contributed by atoms with Crippen LogP contribution in [0, 0.1) is 6.92 Å². The Morgan fingerprint density at radius 2 is 2.13 bits per heavy atom. The molecule has 2 N–H and O–H groups in total.